The Balaban J connectivity index is 1.12. The Bertz CT molecular complexity index is 2350. The van der Waals surface area contributed by atoms with Gasteiger partial charge in [-0.25, -0.2) is 0 Å². The molecule has 76 heavy (non-hydrogen) atoms. The molecular formula is C52H76O24. The zero-order valence-corrected chi connectivity index (χ0v) is 44.0. The predicted octanol–water partition coefficient (Wildman–Crippen LogP) is -0.454. The summed E-state index contributed by atoms with van der Waals surface area (Å²) in [5.41, 5.74) is -1.75. The number of hydrogen-bond donors (Lipinski definition) is 11. The van der Waals surface area contributed by atoms with Crippen molar-refractivity contribution in [3.63, 3.8) is 0 Å². The van der Waals surface area contributed by atoms with Crippen molar-refractivity contribution in [3.05, 3.63) is 28.8 Å². The van der Waals surface area contributed by atoms with Crippen LogP contribution in [-0.4, -0.2) is 228 Å². The standard InChI is InChI=1S/C52H76O24/c1-18-29-12-26-10-25(11-27-13-30(42(58)21(4)67-27)72-33-14-28(54)41(57)20(3)68-33)38(45(61)37(26)39(18)55)46(62)49(50(75-29)48(66-9)47(63)40(56)19(2)53)76-35-16-31(43(59)23(6)70-35)73-34-15-32(44(60)22(5)69-34)74-36-17-52(8,65)51(64)24(7)71-36/h10,12,19-24,27-28,30-36,40-44,48-51,53-61,64-65H,11,13-17H2,1-9H3/t19-,20-,21-,22-,23-,24-,27+,28-,30-,31-,32-,33+,34+,35+,36+,40+,41-,42-,43-,44+,48-,49-,50+,51-,52+/m1/s1. The van der Waals surface area contributed by atoms with E-state index in [4.69, 9.17) is 52.1 Å². The number of benzene rings is 2. The predicted molar refractivity (Wildman–Crippen MR) is 259 cm³/mol. The summed E-state index contributed by atoms with van der Waals surface area (Å²) < 4.78 is 67.6. The number of ketones is 2. The van der Waals surface area contributed by atoms with E-state index in [1.165, 1.54) is 26.8 Å². The van der Waals surface area contributed by atoms with Crippen LogP contribution >= 0.6 is 0 Å². The first-order valence-electron chi connectivity index (χ1n) is 26.0. The Kier molecular flexibility index (Phi) is 18.1. The molecule has 5 saturated heterocycles. The molecule has 0 saturated carbocycles. The van der Waals surface area contributed by atoms with E-state index in [9.17, 15) is 61.0 Å². The average molecular weight is 1090 g/mol. The molecule has 11 N–H and O–H groups in total. The summed E-state index contributed by atoms with van der Waals surface area (Å²) >= 11 is 0. The lowest BCUT2D eigenvalue weighted by atomic mass is 9.85. The number of carbonyl (C=O) groups is 2. The van der Waals surface area contributed by atoms with Gasteiger partial charge in [0.15, 0.2) is 55.0 Å². The molecule has 5 fully saturated rings. The molecule has 428 valence electrons. The van der Waals surface area contributed by atoms with Gasteiger partial charge in [-0.3, -0.25) is 9.59 Å². The Morgan fingerprint density at radius 3 is 1.78 bits per heavy atom. The number of fused-ring (bicyclic) bond motifs is 2. The van der Waals surface area contributed by atoms with Crippen molar-refractivity contribution in [2.75, 3.05) is 7.11 Å². The SMILES string of the molecule is CO[C@H](C(=O)[C@@H](O)[C@@H](C)O)[C@@H]1Oc2cc3cc(C[C@H]4C[C@@H](O[C@H]5C[C@@H](O)[C@H](O)[C@@H](C)O5)[C@H](O)[C@@H](C)O4)c(c(O)c3c(O)c2C)C(=O)[C@H]1O[C@H]1C[C@@H](O[C@H]2C[C@@H](O[C@H]3C[C@](C)(O)[C@H](O)[C@@H](C)O3)[C@@H](O)[C@@H](C)O2)[C@H](O)[C@@H](C)O1. The summed E-state index contributed by atoms with van der Waals surface area (Å²) in [6.45, 7) is 11.9. The third-order valence-electron chi connectivity index (χ3n) is 15.8. The van der Waals surface area contributed by atoms with E-state index >= 15 is 4.79 Å². The van der Waals surface area contributed by atoms with Gasteiger partial charge in [-0.1, -0.05) is 0 Å². The van der Waals surface area contributed by atoms with Crippen molar-refractivity contribution >= 4 is 22.3 Å². The second-order valence-corrected chi connectivity index (χ2v) is 21.7. The molecule has 24 nitrogen and oxygen atoms in total. The normalized spacial score (nSPS) is 42.4. The molecular weight excluding hydrogens is 1010 g/mol. The first-order valence-corrected chi connectivity index (χ1v) is 26.0. The fourth-order valence-electron chi connectivity index (χ4n) is 11.3. The lowest BCUT2D eigenvalue weighted by Gasteiger charge is -2.46. The molecule has 0 unspecified atom stereocenters. The van der Waals surface area contributed by atoms with Crippen LogP contribution in [0.5, 0.6) is 17.2 Å². The zero-order valence-electron chi connectivity index (χ0n) is 44.0. The van der Waals surface area contributed by atoms with Crippen LogP contribution in [0.25, 0.3) is 10.8 Å². The molecule has 10 rings (SSSR count). The van der Waals surface area contributed by atoms with Crippen LogP contribution in [0, 0.1) is 6.92 Å². The smallest absolute Gasteiger partial charge is 0.199 e. The maximum Gasteiger partial charge on any atom is 0.199 e. The first kappa shape index (κ1) is 58.8. The summed E-state index contributed by atoms with van der Waals surface area (Å²) in [6.07, 6.45) is -30.4. The molecule has 24 heteroatoms. The van der Waals surface area contributed by atoms with Crippen LogP contribution in [0.4, 0.5) is 0 Å². The number of phenols is 2. The van der Waals surface area contributed by atoms with Gasteiger partial charge in [-0.2, -0.15) is 0 Å². The first-order chi connectivity index (χ1) is 35.7. The topological polar surface area (TPSA) is 358 Å². The summed E-state index contributed by atoms with van der Waals surface area (Å²) in [5.74, 6) is -3.40. The molecule has 0 radical (unpaired) electrons. The number of methoxy groups -OCH3 is 1. The van der Waals surface area contributed by atoms with Gasteiger partial charge < -0.3 is 108 Å². The molecule has 4 bridgehead atoms. The quantitative estimate of drug-likeness (QED) is 0.108. The highest BCUT2D eigenvalue weighted by atomic mass is 16.7. The number of hydrogen-bond acceptors (Lipinski definition) is 24. The van der Waals surface area contributed by atoms with Gasteiger partial charge in [-0.15, -0.1) is 0 Å². The van der Waals surface area contributed by atoms with E-state index in [0.717, 1.165) is 14.0 Å². The number of ether oxygens (including phenoxy) is 11. The number of aromatic hydroxyl groups is 2. The minimum atomic E-state index is -2.07. The second kappa shape index (κ2) is 23.4. The fraction of sp³-hybridized carbons (Fsp3) is 0.769. The summed E-state index contributed by atoms with van der Waals surface area (Å²) in [4.78, 5) is 29.9. The molecule has 8 heterocycles. The Morgan fingerprint density at radius 2 is 1.22 bits per heavy atom. The third-order valence-corrected chi connectivity index (χ3v) is 15.8. The number of Topliss-reactive ketones (excluding diaryl/α,β-unsaturated/α-hetero) is 2. The van der Waals surface area contributed by atoms with E-state index in [-0.39, 0.29) is 66.2 Å². The minimum Gasteiger partial charge on any atom is -0.507 e. The number of phenolic OH excluding ortho intramolecular Hbond substituents is 2. The van der Waals surface area contributed by atoms with Crippen LogP contribution in [0.2, 0.25) is 0 Å². The highest BCUT2D eigenvalue weighted by Gasteiger charge is 2.51. The average Bonchev–Trinajstić information content (AvgIpc) is 3.35. The van der Waals surface area contributed by atoms with Gasteiger partial charge in [0.1, 0.15) is 53.9 Å². The van der Waals surface area contributed by atoms with Crippen molar-refractivity contribution in [3.8, 4) is 17.2 Å². The van der Waals surface area contributed by atoms with Crippen LogP contribution in [0.15, 0.2) is 12.1 Å². The molecule has 0 aromatic heterocycles. The van der Waals surface area contributed by atoms with Gasteiger partial charge in [0.2, 0.25) is 0 Å². The summed E-state index contributed by atoms with van der Waals surface area (Å²) in [5, 5.41) is 121. The van der Waals surface area contributed by atoms with Crippen molar-refractivity contribution < 1.29 is 118 Å². The number of rotatable bonds is 15. The molecule has 2 aromatic carbocycles. The van der Waals surface area contributed by atoms with E-state index in [0.29, 0.717) is 0 Å². The molecule has 0 aliphatic carbocycles. The van der Waals surface area contributed by atoms with Crippen LogP contribution in [0.1, 0.15) is 102 Å². The van der Waals surface area contributed by atoms with Crippen LogP contribution in [0.3, 0.4) is 0 Å². The monoisotopic (exact) mass is 1080 g/mol. The second-order valence-electron chi connectivity index (χ2n) is 21.7. The molecule has 0 spiro atoms. The van der Waals surface area contributed by atoms with Crippen molar-refractivity contribution in [2.24, 2.45) is 0 Å². The fourth-order valence-corrected chi connectivity index (χ4v) is 11.3. The number of aliphatic hydroxyl groups is 9. The van der Waals surface area contributed by atoms with Crippen molar-refractivity contribution in [2.45, 2.75) is 247 Å². The van der Waals surface area contributed by atoms with Crippen molar-refractivity contribution in [1.82, 2.24) is 0 Å². The van der Waals surface area contributed by atoms with E-state index < -0.39 is 181 Å². The maximum atomic E-state index is 15.7. The third kappa shape index (κ3) is 11.9. The largest absolute Gasteiger partial charge is 0.507 e. The van der Waals surface area contributed by atoms with Crippen LogP contribution in [-0.2, 0) is 58.6 Å². The highest BCUT2D eigenvalue weighted by molar-refractivity contribution is 6.11. The van der Waals surface area contributed by atoms with E-state index in [1.807, 2.05) is 0 Å². The molecule has 8 aliphatic rings. The zero-order chi connectivity index (χ0) is 55.6. The number of aliphatic hydroxyl groups excluding tert-OH is 8. The maximum absolute atomic E-state index is 15.7. The molecule has 0 amide bonds. The van der Waals surface area contributed by atoms with E-state index in [1.54, 1.807) is 33.8 Å². The molecule has 8 aliphatic heterocycles. The molecule has 2 aromatic rings. The van der Waals surface area contributed by atoms with Crippen LogP contribution < -0.4 is 4.74 Å². The lowest BCUT2D eigenvalue weighted by molar-refractivity contribution is -0.334. The van der Waals surface area contributed by atoms with Gasteiger partial charge in [0.05, 0.1) is 83.7 Å². The van der Waals surface area contributed by atoms with Gasteiger partial charge >= 0.3 is 0 Å². The Hall–Kier alpha value is -3.32. The summed E-state index contributed by atoms with van der Waals surface area (Å²) in [7, 11) is 1.10. The van der Waals surface area contributed by atoms with E-state index in [2.05, 4.69) is 0 Å². The minimum absolute atomic E-state index is 0.00496. The van der Waals surface area contributed by atoms with Crippen molar-refractivity contribution in [1.29, 1.82) is 0 Å². The number of carbonyl (C=O) groups excluding carboxylic acids is 2. The van der Waals surface area contributed by atoms with Gasteiger partial charge in [0, 0.05) is 44.8 Å². The Morgan fingerprint density at radius 1 is 0.711 bits per heavy atom. The molecule has 25 atom stereocenters. The highest BCUT2D eigenvalue weighted by Crippen LogP contribution is 2.47. The summed E-state index contributed by atoms with van der Waals surface area (Å²) in [6, 6.07) is 3.01. The Labute approximate surface area is 439 Å². The van der Waals surface area contributed by atoms with Gasteiger partial charge in [0.25, 0.3) is 0 Å². The van der Waals surface area contributed by atoms with Gasteiger partial charge in [-0.05, 0) is 84.9 Å². The lowest BCUT2D eigenvalue weighted by Crippen LogP contribution is -2.58.